The van der Waals surface area contributed by atoms with Crippen molar-refractivity contribution in [3.8, 4) is 0 Å². The van der Waals surface area contributed by atoms with Gasteiger partial charge in [0.2, 0.25) is 5.91 Å². The number of nitrogens with zero attached hydrogens (tertiary/aromatic N) is 2. The van der Waals surface area contributed by atoms with E-state index >= 15 is 0 Å². The van der Waals surface area contributed by atoms with Crippen LogP contribution >= 0.6 is 23.1 Å². The fourth-order valence-electron chi connectivity index (χ4n) is 3.53. The Morgan fingerprint density at radius 2 is 2.29 bits per heavy atom. The number of carbonyl (C=O) groups is 1. The second kappa shape index (κ2) is 8.63. The molecule has 0 radical (unpaired) electrons. The van der Waals surface area contributed by atoms with E-state index in [4.69, 9.17) is 9.72 Å². The number of thioether (sulfide) groups is 1. The van der Waals surface area contributed by atoms with Crippen LogP contribution in [0.4, 0.5) is 0 Å². The first-order chi connectivity index (χ1) is 13.7. The molecule has 1 saturated heterocycles. The molecule has 3 aromatic rings. The van der Waals surface area contributed by atoms with Gasteiger partial charge in [0.15, 0.2) is 5.16 Å². The highest BCUT2D eigenvalue weighted by atomic mass is 32.2. The van der Waals surface area contributed by atoms with Crippen molar-refractivity contribution < 1.29 is 9.53 Å². The normalized spacial score (nSPS) is 16.8. The van der Waals surface area contributed by atoms with E-state index in [0.717, 1.165) is 35.1 Å². The summed E-state index contributed by atoms with van der Waals surface area (Å²) < 4.78 is 8.98. The van der Waals surface area contributed by atoms with Gasteiger partial charge in [-0.15, -0.1) is 11.3 Å². The van der Waals surface area contributed by atoms with Gasteiger partial charge in [0, 0.05) is 36.2 Å². The van der Waals surface area contributed by atoms with Gasteiger partial charge < -0.3 is 10.1 Å². The molecule has 0 saturated carbocycles. The van der Waals surface area contributed by atoms with Crippen LogP contribution in [-0.2, 0) is 16.1 Å². The van der Waals surface area contributed by atoms with Crippen molar-refractivity contribution >= 4 is 49.3 Å². The maximum absolute atomic E-state index is 13.1. The Morgan fingerprint density at radius 3 is 3.07 bits per heavy atom. The summed E-state index contributed by atoms with van der Waals surface area (Å²) in [6, 6.07) is 7.96. The van der Waals surface area contributed by atoms with Gasteiger partial charge in [0.05, 0.1) is 11.6 Å². The van der Waals surface area contributed by atoms with Gasteiger partial charge in [-0.1, -0.05) is 30.0 Å². The van der Waals surface area contributed by atoms with Gasteiger partial charge in [-0.25, -0.2) is 4.98 Å². The standard InChI is InChI=1S/C20H23N3O3S2/c1-27-20-22-17-14-7-2-3-8-15(14)28-18(17)19(25)23(20)10-4-9-16(24)21-12-13-6-5-11-26-13/h2-3,7-8,13H,4-6,9-12H2,1H3,(H,21,24). The zero-order valence-corrected chi connectivity index (χ0v) is 17.4. The first-order valence-corrected chi connectivity index (χ1v) is 11.6. The number of hydrogen-bond donors (Lipinski definition) is 1. The van der Waals surface area contributed by atoms with E-state index in [0.29, 0.717) is 35.8 Å². The highest BCUT2D eigenvalue weighted by Crippen LogP contribution is 2.31. The van der Waals surface area contributed by atoms with Crippen LogP contribution in [0.15, 0.2) is 34.2 Å². The van der Waals surface area contributed by atoms with Gasteiger partial charge in [-0.2, -0.15) is 0 Å². The molecule has 148 valence electrons. The van der Waals surface area contributed by atoms with Crippen LogP contribution in [-0.4, -0.2) is 41.0 Å². The van der Waals surface area contributed by atoms with E-state index in [-0.39, 0.29) is 17.6 Å². The summed E-state index contributed by atoms with van der Waals surface area (Å²) in [7, 11) is 0. The van der Waals surface area contributed by atoms with E-state index in [2.05, 4.69) is 5.32 Å². The van der Waals surface area contributed by atoms with Crippen LogP contribution in [0.2, 0.25) is 0 Å². The lowest BCUT2D eigenvalue weighted by Gasteiger charge is -2.12. The van der Waals surface area contributed by atoms with Gasteiger partial charge in [-0.05, 0) is 31.6 Å². The average Bonchev–Trinajstić information content (AvgIpc) is 3.35. The minimum Gasteiger partial charge on any atom is -0.376 e. The topological polar surface area (TPSA) is 73.2 Å². The van der Waals surface area contributed by atoms with Crippen molar-refractivity contribution in [3.05, 3.63) is 34.6 Å². The largest absolute Gasteiger partial charge is 0.376 e. The predicted octanol–water partition coefficient (Wildman–Crippen LogP) is 3.41. The van der Waals surface area contributed by atoms with Gasteiger partial charge >= 0.3 is 0 Å². The van der Waals surface area contributed by atoms with Crippen molar-refractivity contribution in [2.75, 3.05) is 19.4 Å². The number of hydrogen-bond acceptors (Lipinski definition) is 6. The molecule has 0 bridgehead atoms. The van der Waals surface area contributed by atoms with Gasteiger partial charge in [0.1, 0.15) is 4.70 Å². The van der Waals surface area contributed by atoms with Crippen LogP contribution in [0.5, 0.6) is 0 Å². The molecule has 4 rings (SSSR count). The summed E-state index contributed by atoms with van der Waals surface area (Å²) in [4.78, 5) is 29.9. The zero-order valence-electron chi connectivity index (χ0n) is 15.8. The maximum atomic E-state index is 13.1. The summed E-state index contributed by atoms with van der Waals surface area (Å²) in [6.07, 6.45) is 5.13. The molecule has 1 fully saturated rings. The average molecular weight is 418 g/mol. The molecular formula is C20H23N3O3S2. The smallest absolute Gasteiger partial charge is 0.272 e. The second-order valence-corrected chi connectivity index (χ2v) is 8.70. The number of benzene rings is 1. The molecule has 1 aromatic carbocycles. The summed E-state index contributed by atoms with van der Waals surface area (Å²) in [5.74, 6) is 0.00477. The Hall–Kier alpha value is -1.90. The molecule has 0 spiro atoms. The van der Waals surface area contributed by atoms with Crippen LogP contribution in [0.1, 0.15) is 25.7 Å². The Balaban J connectivity index is 1.47. The summed E-state index contributed by atoms with van der Waals surface area (Å²) in [5.41, 5.74) is 0.760. The number of fused-ring (bicyclic) bond motifs is 3. The number of nitrogens with one attached hydrogen (secondary N) is 1. The van der Waals surface area contributed by atoms with E-state index in [9.17, 15) is 9.59 Å². The van der Waals surface area contributed by atoms with E-state index in [1.54, 1.807) is 4.57 Å². The molecule has 28 heavy (non-hydrogen) atoms. The molecule has 1 aliphatic heterocycles. The van der Waals surface area contributed by atoms with Gasteiger partial charge in [0.25, 0.3) is 5.56 Å². The second-order valence-electron chi connectivity index (χ2n) is 6.87. The Morgan fingerprint density at radius 1 is 1.43 bits per heavy atom. The van der Waals surface area contributed by atoms with E-state index < -0.39 is 0 Å². The molecule has 2 aromatic heterocycles. The Bertz CT molecular complexity index is 1050. The third-order valence-electron chi connectivity index (χ3n) is 4.97. The van der Waals surface area contributed by atoms with Crippen LogP contribution in [0, 0.1) is 0 Å². The lowest BCUT2D eigenvalue weighted by molar-refractivity contribution is -0.121. The molecule has 1 unspecified atom stereocenters. The van der Waals surface area contributed by atoms with Crippen molar-refractivity contribution in [1.29, 1.82) is 0 Å². The highest BCUT2D eigenvalue weighted by molar-refractivity contribution is 7.98. The Kier molecular flexibility index (Phi) is 5.99. The highest BCUT2D eigenvalue weighted by Gasteiger charge is 2.17. The number of carbonyl (C=O) groups excluding carboxylic acids is 1. The van der Waals surface area contributed by atoms with Gasteiger partial charge in [-0.3, -0.25) is 14.2 Å². The third kappa shape index (κ3) is 3.94. The van der Waals surface area contributed by atoms with Crippen LogP contribution < -0.4 is 10.9 Å². The quantitative estimate of drug-likeness (QED) is 0.471. The molecule has 8 heteroatoms. The molecule has 3 heterocycles. The Labute approximate surface area is 171 Å². The molecule has 1 aliphatic rings. The fourth-order valence-corrected chi connectivity index (χ4v) is 5.19. The number of thiophene rings is 1. The number of amides is 1. The molecular weight excluding hydrogens is 394 g/mol. The van der Waals surface area contributed by atoms with Crippen LogP contribution in [0.3, 0.4) is 0 Å². The van der Waals surface area contributed by atoms with Crippen molar-refractivity contribution in [1.82, 2.24) is 14.9 Å². The molecule has 6 nitrogen and oxygen atoms in total. The summed E-state index contributed by atoms with van der Waals surface area (Å²) >= 11 is 2.95. The minimum absolute atomic E-state index is 0.00477. The van der Waals surface area contributed by atoms with Crippen molar-refractivity contribution in [2.45, 2.75) is 43.5 Å². The maximum Gasteiger partial charge on any atom is 0.272 e. The third-order valence-corrected chi connectivity index (χ3v) is 6.79. The van der Waals surface area contributed by atoms with Crippen LogP contribution in [0.25, 0.3) is 20.3 Å². The first-order valence-electron chi connectivity index (χ1n) is 9.51. The fraction of sp³-hybridized carbons (Fsp3) is 0.450. The van der Waals surface area contributed by atoms with E-state index in [1.807, 2.05) is 30.5 Å². The lowest BCUT2D eigenvalue weighted by Crippen LogP contribution is -2.32. The minimum atomic E-state index is -0.0182. The lowest BCUT2D eigenvalue weighted by atomic mass is 10.2. The van der Waals surface area contributed by atoms with E-state index in [1.165, 1.54) is 23.1 Å². The number of rotatable bonds is 7. The number of aromatic nitrogens is 2. The zero-order chi connectivity index (χ0) is 19.5. The summed E-state index contributed by atoms with van der Waals surface area (Å²) in [6.45, 7) is 1.85. The predicted molar refractivity (Wildman–Crippen MR) is 114 cm³/mol. The molecule has 0 aliphatic carbocycles. The van der Waals surface area contributed by atoms with Crippen molar-refractivity contribution in [3.63, 3.8) is 0 Å². The monoisotopic (exact) mass is 417 g/mol. The molecule has 1 atom stereocenters. The first kappa shape index (κ1) is 19.4. The molecule has 1 amide bonds. The summed E-state index contributed by atoms with van der Waals surface area (Å²) in [5, 5.41) is 4.65. The SMILES string of the molecule is CSc1nc2c(sc3ccccc32)c(=O)n1CCCC(=O)NCC1CCCO1. The number of ether oxygens (including phenoxy) is 1. The van der Waals surface area contributed by atoms with Crippen molar-refractivity contribution in [2.24, 2.45) is 0 Å². The molecule has 1 N–H and O–H groups in total.